The number of ether oxygens (including phenoxy) is 2. The molecule has 2 aromatic carbocycles. The Labute approximate surface area is 197 Å². The Kier molecular flexibility index (Phi) is 7.72. The van der Waals surface area contributed by atoms with E-state index in [1.165, 1.54) is 19.8 Å². The van der Waals surface area contributed by atoms with Crippen molar-refractivity contribution >= 4 is 33.8 Å². The minimum Gasteiger partial charge on any atom is -0.465 e. The van der Waals surface area contributed by atoms with E-state index in [0.717, 1.165) is 35.0 Å². The maximum atomic E-state index is 11.9. The Bertz CT molecular complexity index is 1030. The van der Waals surface area contributed by atoms with Gasteiger partial charge < -0.3 is 14.4 Å². The quantitative estimate of drug-likeness (QED) is 0.447. The average Bonchev–Trinajstić information content (AvgIpc) is 3.51. The van der Waals surface area contributed by atoms with Gasteiger partial charge in [-0.15, -0.1) is 0 Å². The van der Waals surface area contributed by atoms with Gasteiger partial charge in [-0.1, -0.05) is 28.1 Å². The lowest BCUT2D eigenvalue weighted by atomic mass is 10.0. The highest BCUT2D eigenvalue weighted by molar-refractivity contribution is 9.08. The van der Waals surface area contributed by atoms with Crippen molar-refractivity contribution in [2.45, 2.75) is 32.1 Å². The van der Waals surface area contributed by atoms with Crippen molar-refractivity contribution in [1.82, 2.24) is 4.90 Å². The third-order valence-electron chi connectivity index (χ3n) is 6.04. The van der Waals surface area contributed by atoms with E-state index in [1.54, 1.807) is 12.1 Å². The monoisotopic (exact) mass is 501 g/mol. The molecule has 0 spiro atoms. The van der Waals surface area contributed by atoms with Crippen molar-refractivity contribution in [3.63, 3.8) is 0 Å². The molecule has 7 heteroatoms. The number of halogens is 1. The highest BCUT2D eigenvalue weighted by Gasteiger charge is 2.51. The van der Waals surface area contributed by atoms with Crippen LogP contribution in [-0.4, -0.2) is 43.5 Å². The molecule has 2 unspecified atom stereocenters. The van der Waals surface area contributed by atoms with Gasteiger partial charge in [-0.3, -0.25) is 4.79 Å². The molecule has 2 aliphatic rings. The van der Waals surface area contributed by atoms with Gasteiger partial charge in [0, 0.05) is 24.3 Å². The molecule has 1 heterocycles. The number of methoxy groups -OCH3 is 2. The predicted octanol–water partition coefficient (Wildman–Crippen LogP) is 4.44. The van der Waals surface area contributed by atoms with E-state index >= 15 is 0 Å². The first-order valence-corrected chi connectivity index (χ1v) is 11.6. The molecule has 1 amide bonds. The van der Waals surface area contributed by atoms with E-state index in [-0.39, 0.29) is 11.9 Å². The average molecular weight is 502 g/mol. The Balaban J connectivity index is 0.000000195. The Morgan fingerprint density at radius 2 is 1.50 bits per heavy atom. The summed E-state index contributed by atoms with van der Waals surface area (Å²) in [4.78, 5) is 36.4. The lowest BCUT2D eigenvalue weighted by Crippen LogP contribution is -2.28. The second-order valence-electron chi connectivity index (χ2n) is 8.22. The number of esters is 2. The SMILES string of the molecule is COC(=O)c1ccc(CBr)c(C)c1.COC(=O)c1ccc(CN2CC3CC3C2=O)c(C)c1. The summed E-state index contributed by atoms with van der Waals surface area (Å²) in [6, 6.07) is 11.0. The number of aryl methyl sites for hydroxylation is 2. The first-order valence-electron chi connectivity index (χ1n) is 10.5. The largest absolute Gasteiger partial charge is 0.465 e. The first-order chi connectivity index (χ1) is 15.3. The normalized spacial score (nSPS) is 18.4. The second kappa shape index (κ2) is 10.3. The minimum atomic E-state index is -0.326. The second-order valence-corrected chi connectivity index (χ2v) is 8.78. The molecule has 1 aliphatic heterocycles. The molecular formula is C25H28BrNO5. The third kappa shape index (κ3) is 5.38. The summed E-state index contributed by atoms with van der Waals surface area (Å²) >= 11 is 3.37. The minimum absolute atomic E-state index is 0.288. The molecule has 0 aromatic heterocycles. The van der Waals surface area contributed by atoms with Gasteiger partial charge in [0.15, 0.2) is 0 Å². The number of carbonyl (C=O) groups excluding carboxylic acids is 3. The Hall–Kier alpha value is -2.67. The van der Waals surface area contributed by atoms with Crippen molar-refractivity contribution < 1.29 is 23.9 Å². The smallest absolute Gasteiger partial charge is 0.337 e. The fourth-order valence-corrected chi connectivity index (χ4v) is 4.55. The van der Waals surface area contributed by atoms with E-state index in [4.69, 9.17) is 4.74 Å². The maximum absolute atomic E-state index is 11.9. The number of amides is 1. The topological polar surface area (TPSA) is 72.9 Å². The van der Waals surface area contributed by atoms with Crippen molar-refractivity contribution in [3.05, 3.63) is 69.8 Å². The molecule has 2 atom stereocenters. The molecule has 2 fully saturated rings. The van der Waals surface area contributed by atoms with Gasteiger partial charge in [0.1, 0.15) is 0 Å². The van der Waals surface area contributed by atoms with E-state index in [1.807, 2.05) is 43.0 Å². The molecule has 2 aromatic rings. The predicted molar refractivity (Wildman–Crippen MR) is 125 cm³/mol. The van der Waals surface area contributed by atoms with Gasteiger partial charge in [-0.25, -0.2) is 9.59 Å². The first kappa shape index (κ1) is 24.0. The van der Waals surface area contributed by atoms with Gasteiger partial charge in [-0.2, -0.15) is 0 Å². The van der Waals surface area contributed by atoms with Crippen LogP contribution >= 0.6 is 15.9 Å². The highest BCUT2D eigenvalue weighted by atomic mass is 79.9. The molecule has 0 radical (unpaired) electrons. The zero-order valence-corrected chi connectivity index (χ0v) is 20.4. The van der Waals surface area contributed by atoms with E-state index in [0.29, 0.717) is 35.4 Å². The number of likely N-dealkylation sites (tertiary alicyclic amines) is 1. The molecule has 1 aliphatic carbocycles. The van der Waals surface area contributed by atoms with Crippen molar-refractivity contribution in [3.8, 4) is 0 Å². The zero-order valence-electron chi connectivity index (χ0n) is 18.8. The fraction of sp³-hybridized carbons (Fsp3) is 0.400. The number of carbonyl (C=O) groups is 3. The molecule has 170 valence electrons. The third-order valence-corrected chi connectivity index (χ3v) is 6.64. The molecule has 0 bridgehead atoms. The molecule has 1 saturated carbocycles. The molecular weight excluding hydrogens is 474 g/mol. The van der Waals surface area contributed by atoms with Crippen LogP contribution in [0, 0.1) is 25.7 Å². The van der Waals surface area contributed by atoms with Gasteiger partial charge >= 0.3 is 11.9 Å². The lowest BCUT2D eigenvalue weighted by molar-refractivity contribution is -0.130. The van der Waals surface area contributed by atoms with Gasteiger partial charge in [0.05, 0.1) is 25.3 Å². The zero-order chi connectivity index (χ0) is 23.4. The number of rotatable bonds is 5. The number of hydrogen-bond donors (Lipinski definition) is 0. The molecule has 4 rings (SSSR count). The number of alkyl halides is 1. The molecule has 32 heavy (non-hydrogen) atoms. The summed E-state index contributed by atoms with van der Waals surface area (Å²) in [5.41, 5.74) is 5.56. The van der Waals surface area contributed by atoms with E-state index in [9.17, 15) is 14.4 Å². The lowest BCUT2D eigenvalue weighted by Gasteiger charge is -2.19. The number of fused-ring (bicyclic) bond motifs is 1. The van der Waals surface area contributed by atoms with Crippen molar-refractivity contribution in [1.29, 1.82) is 0 Å². The van der Waals surface area contributed by atoms with Gasteiger partial charge in [-0.05, 0) is 72.7 Å². The van der Waals surface area contributed by atoms with Crippen LogP contribution in [0.1, 0.15) is 49.4 Å². The maximum Gasteiger partial charge on any atom is 0.337 e. The summed E-state index contributed by atoms with van der Waals surface area (Å²) < 4.78 is 9.31. The van der Waals surface area contributed by atoms with Crippen LogP contribution in [0.2, 0.25) is 0 Å². The number of benzene rings is 2. The van der Waals surface area contributed by atoms with Gasteiger partial charge in [0.25, 0.3) is 0 Å². The Morgan fingerprint density at radius 1 is 0.969 bits per heavy atom. The Morgan fingerprint density at radius 3 is 1.91 bits per heavy atom. The molecule has 6 nitrogen and oxygen atoms in total. The van der Waals surface area contributed by atoms with Crippen molar-refractivity contribution in [2.24, 2.45) is 11.8 Å². The van der Waals surface area contributed by atoms with Crippen LogP contribution in [0.4, 0.5) is 0 Å². The standard InChI is InChI=1S/C15H17NO3.C10H11BrO2/c1-9-5-10(15(18)19-2)3-4-11(9)7-16-8-12-6-13(12)14(16)17;1-7-5-8(10(12)13-2)3-4-9(7)6-11/h3-5,12-13H,6-8H2,1-2H3;3-5H,6H2,1-2H3. The number of piperidine rings is 1. The summed E-state index contributed by atoms with van der Waals surface area (Å²) in [6.07, 6.45) is 1.08. The molecule has 1 saturated heterocycles. The van der Waals surface area contributed by atoms with Crippen LogP contribution in [0.15, 0.2) is 36.4 Å². The van der Waals surface area contributed by atoms with Crippen LogP contribution in [0.5, 0.6) is 0 Å². The highest BCUT2D eigenvalue weighted by Crippen LogP contribution is 2.46. The molecule has 0 N–H and O–H groups in total. The fourth-order valence-electron chi connectivity index (χ4n) is 3.92. The van der Waals surface area contributed by atoms with E-state index < -0.39 is 0 Å². The van der Waals surface area contributed by atoms with Crippen LogP contribution in [0.3, 0.4) is 0 Å². The van der Waals surface area contributed by atoms with Gasteiger partial charge in [0.2, 0.25) is 5.91 Å². The van der Waals surface area contributed by atoms with Crippen LogP contribution in [-0.2, 0) is 26.1 Å². The van der Waals surface area contributed by atoms with E-state index in [2.05, 4.69) is 20.7 Å². The summed E-state index contributed by atoms with van der Waals surface area (Å²) in [5.74, 6) is 0.579. The van der Waals surface area contributed by atoms with Crippen LogP contribution in [0.25, 0.3) is 0 Å². The summed E-state index contributed by atoms with van der Waals surface area (Å²) in [7, 11) is 2.76. The van der Waals surface area contributed by atoms with Crippen LogP contribution < -0.4 is 0 Å². The number of nitrogens with zero attached hydrogens (tertiary/aromatic N) is 1. The number of hydrogen-bond acceptors (Lipinski definition) is 5. The van der Waals surface area contributed by atoms with Crippen molar-refractivity contribution in [2.75, 3.05) is 20.8 Å². The summed E-state index contributed by atoms with van der Waals surface area (Å²) in [5, 5.41) is 0.806. The summed E-state index contributed by atoms with van der Waals surface area (Å²) in [6.45, 7) is 5.48.